The summed E-state index contributed by atoms with van der Waals surface area (Å²) in [5.41, 5.74) is 0. The minimum absolute atomic E-state index is 0.0172. The molecule has 0 bridgehead atoms. The van der Waals surface area contributed by atoms with Crippen molar-refractivity contribution in [3.05, 3.63) is 0 Å². The standard InChI is InChI=1S/C23H47N3O5/c1-3-4-5-6-7-8-9-10-13-25-23(28)26-15-12-17-30-19-21-31-20-18-29-16-11-14-24-22(2)27/h3-21H2,1-2H3,(H,24,27)(H2,25,26,28). The molecule has 0 spiro atoms. The number of carbonyl (C=O) groups is 2. The summed E-state index contributed by atoms with van der Waals surface area (Å²) >= 11 is 0. The van der Waals surface area contributed by atoms with Crippen molar-refractivity contribution in [2.75, 3.05) is 59.3 Å². The molecule has 0 aromatic carbocycles. The van der Waals surface area contributed by atoms with E-state index in [0.717, 1.165) is 25.8 Å². The van der Waals surface area contributed by atoms with Crippen LogP contribution in [0.5, 0.6) is 0 Å². The van der Waals surface area contributed by atoms with Crippen molar-refractivity contribution < 1.29 is 23.8 Å². The van der Waals surface area contributed by atoms with Gasteiger partial charge in [0.05, 0.1) is 26.4 Å². The number of urea groups is 1. The van der Waals surface area contributed by atoms with Crippen LogP contribution in [0.2, 0.25) is 0 Å². The average Bonchev–Trinajstić information content (AvgIpc) is 2.75. The molecular weight excluding hydrogens is 398 g/mol. The molecule has 3 N–H and O–H groups in total. The Bertz CT molecular complexity index is 411. The van der Waals surface area contributed by atoms with Crippen molar-refractivity contribution in [3.8, 4) is 0 Å². The second kappa shape index (κ2) is 24.9. The smallest absolute Gasteiger partial charge is 0.314 e. The van der Waals surface area contributed by atoms with E-state index in [9.17, 15) is 9.59 Å². The van der Waals surface area contributed by atoms with Crippen LogP contribution in [-0.4, -0.2) is 71.2 Å². The van der Waals surface area contributed by atoms with Gasteiger partial charge in [0.25, 0.3) is 0 Å². The molecule has 0 radical (unpaired) electrons. The average molecular weight is 446 g/mol. The lowest BCUT2D eigenvalue weighted by molar-refractivity contribution is -0.119. The minimum atomic E-state index is -0.0941. The maximum Gasteiger partial charge on any atom is 0.314 e. The molecule has 184 valence electrons. The van der Waals surface area contributed by atoms with Crippen molar-refractivity contribution in [1.82, 2.24) is 16.0 Å². The van der Waals surface area contributed by atoms with E-state index in [1.165, 1.54) is 51.9 Å². The zero-order valence-corrected chi connectivity index (χ0v) is 20.0. The molecule has 31 heavy (non-hydrogen) atoms. The third kappa shape index (κ3) is 26.6. The van der Waals surface area contributed by atoms with E-state index in [1.54, 1.807) is 0 Å². The van der Waals surface area contributed by atoms with Gasteiger partial charge in [-0.3, -0.25) is 4.79 Å². The fourth-order valence-corrected chi connectivity index (χ4v) is 2.88. The number of carbonyl (C=O) groups excluding carboxylic acids is 2. The predicted octanol–water partition coefficient (Wildman–Crippen LogP) is 3.39. The normalized spacial score (nSPS) is 10.8. The Morgan fingerprint density at radius 2 is 0.968 bits per heavy atom. The number of hydrogen-bond acceptors (Lipinski definition) is 5. The Labute approximate surface area is 189 Å². The van der Waals surface area contributed by atoms with Crippen molar-refractivity contribution in [3.63, 3.8) is 0 Å². The Kier molecular flexibility index (Phi) is 23.8. The summed E-state index contributed by atoms with van der Waals surface area (Å²) in [5.74, 6) is -0.0172. The molecule has 8 nitrogen and oxygen atoms in total. The zero-order valence-electron chi connectivity index (χ0n) is 20.0. The zero-order chi connectivity index (χ0) is 22.8. The maximum absolute atomic E-state index is 11.7. The van der Waals surface area contributed by atoms with Crippen LogP contribution >= 0.6 is 0 Å². The summed E-state index contributed by atoms with van der Waals surface area (Å²) in [6.07, 6.45) is 11.7. The van der Waals surface area contributed by atoms with Crippen molar-refractivity contribution >= 4 is 11.9 Å². The molecule has 0 saturated heterocycles. The van der Waals surface area contributed by atoms with E-state index in [2.05, 4.69) is 22.9 Å². The Hall–Kier alpha value is -1.38. The summed E-state index contributed by atoms with van der Waals surface area (Å²) in [7, 11) is 0. The Morgan fingerprint density at radius 3 is 1.48 bits per heavy atom. The van der Waals surface area contributed by atoms with Crippen molar-refractivity contribution in [2.24, 2.45) is 0 Å². The maximum atomic E-state index is 11.7. The summed E-state index contributed by atoms with van der Waals surface area (Å²) < 4.78 is 16.3. The summed E-state index contributed by atoms with van der Waals surface area (Å²) in [5, 5.41) is 8.48. The summed E-state index contributed by atoms with van der Waals surface area (Å²) in [6.45, 7) is 9.08. The topological polar surface area (TPSA) is 97.9 Å². The number of rotatable bonds is 23. The molecule has 3 amide bonds. The molecule has 0 aliphatic heterocycles. The minimum Gasteiger partial charge on any atom is -0.379 e. The number of hydrogen-bond donors (Lipinski definition) is 3. The number of nitrogens with one attached hydrogen (secondary N) is 3. The molecule has 0 atom stereocenters. The molecular formula is C23H47N3O5. The Morgan fingerprint density at radius 1 is 0.548 bits per heavy atom. The third-order valence-corrected chi connectivity index (χ3v) is 4.65. The van der Waals surface area contributed by atoms with Crippen LogP contribution in [0.3, 0.4) is 0 Å². The van der Waals surface area contributed by atoms with Gasteiger partial charge < -0.3 is 30.2 Å². The molecule has 0 aromatic rings. The molecule has 0 fully saturated rings. The van der Waals surface area contributed by atoms with E-state index in [1.807, 2.05) is 0 Å². The highest BCUT2D eigenvalue weighted by Crippen LogP contribution is 2.07. The third-order valence-electron chi connectivity index (χ3n) is 4.65. The van der Waals surface area contributed by atoms with Crippen LogP contribution in [0.1, 0.15) is 78.1 Å². The van der Waals surface area contributed by atoms with Gasteiger partial charge in [0.2, 0.25) is 5.91 Å². The molecule has 0 aliphatic rings. The van der Waals surface area contributed by atoms with Crippen LogP contribution in [0, 0.1) is 0 Å². The van der Waals surface area contributed by atoms with Gasteiger partial charge >= 0.3 is 6.03 Å². The van der Waals surface area contributed by atoms with Crippen molar-refractivity contribution in [2.45, 2.75) is 78.1 Å². The lowest BCUT2D eigenvalue weighted by Crippen LogP contribution is -2.36. The van der Waals surface area contributed by atoms with Gasteiger partial charge in [-0.05, 0) is 19.3 Å². The first-order chi connectivity index (χ1) is 15.2. The lowest BCUT2D eigenvalue weighted by Gasteiger charge is -2.09. The van der Waals surface area contributed by atoms with Gasteiger partial charge in [-0.1, -0.05) is 51.9 Å². The van der Waals surface area contributed by atoms with Gasteiger partial charge in [0, 0.05) is 39.8 Å². The molecule has 8 heteroatoms. The molecule has 0 saturated carbocycles. The molecule has 0 aliphatic carbocycles. The van der Waals surface area contributed by atoms with Crippen LogP contribution < -0.4 is 16.0 Å². The molecule has 0 aromatic heterocycles. The predicted molar refractivity (Wildman–Crippen MR) is 124 cm³/mol. The first-order valence-corrected chi connectivity index (χ1v) is 12.2. The summed E-state index contributed by atoms with van der Waals surface area (Å²) in [4.78, 5) is 22.4. The van der Waals surface area contributed by atoms with E-state index >= 15 is 0 Å². The highest BCUT2D eigenvalue weighted by molar-refractivity contribution is 5.73. The molecule has 0 unspecified atom stereocenters. The lowest BCUT2D eigenvalue weighted by atomic mass is 10.1. The van der Waals surface area contributed by atoms with Gasteiger partial charge in [0.15, 0.2) is 0 Å². The number of amides is 3. The monoisotopic (exact) mass is 445 g/mol. The van der Waals surface area contributed by atoms with Gasteiger partial charge in [-0.2, -0.15) is 0 Å². The van der Waals surface area contributed by atoms with Crippen LogP contribution in [-0.2, 0) is 19.0 Å². The van der Waals surface area contributed by atoms with Gasteiger partial charge in [0.1, 0.15) is 0 Å². The molecule has 0 rings (SSSR count). The first kappa shape index (κ1) is 29.6. The van der Waals surface area contributed by atoms with Crippen LogP contribution in [0.15, 0.2) is 0 Å². The fourth-order valence-electron chi connectivity index (χ4n) is 2.88. The highest BCUT2D eigenvalue weighted by Gasteiger charge is 1.99. The van der Waals surface area contributed by atoms with E-state index in [4.69, 9.17) is 14.2 Å². The van der Waals surface area contributed by atoms with E-state index in [0.29, 0.717) is 52.7 Å². The second-order valence-electron chi connectivity index (χ2n) is 7.68. The quantitative estimate of drug-likeness (QED) is 0.209. The van der Waals surface area contributed by atoms with Crippen LogP contribution in [0.25, 0.3) is 0 Å². The van der Waals surface area contributed by atoms with Gasteiger partial charge in [-0.15, -0.1) is 0 Å². The SMILES string of the molecule is CCCCCCCCCCNC(=O)NCCCOCCOCCOCCCNC(C)=O. The van der Waals surface area contributed by atoms with E-state index < -0.39 is 0 Å². The summed E-state index contributed by atoms with van der Waals surface area (Å²) in [6, 6.07) is -0.0941. The fraction of sp³-hybridized carbons (Fsp3) is 0.913. The first-order valence-electron chi connectivity index (χ1n) is 12.2. The molecule has 0 heterocycles. The Balaban J connectivity index is 3.15. The second-order valence-corrected chi connectivity index (χ2v) is 7.68. The van der Waals surface area contributed by atoms with Gasteiger partial charge in [-0.25, -0.2) is 4.79 Å². The van der Waals surface area contributed by atoms with E-state index in [-0.39, 0.29) is 11.9 Å². The number of ether oxygens (including phenoxy) is 3. The van der Waals surface area contributed by atoms with Crippen molar-refractivity contribution in [1.29, 1.82) is 0 Å². The largest absolute Gasteiger partial charge is 0.379 e. The number of unbranched alkanes of at least 4 members (excludes halogenated alkanes) is 7. The van der Waals surface area contributed by atoms with Crippen LogP contribution in [0.4, 0.5) is 4.79 Å². The highest BCUT2D eigenvalue weighted by atomic mass is 16.5.